The lowest BCUT2D eigenvalue weighted by Crippen LogP contribution is -2.39. The molecule has 1 N–H and O–H groups in total. The minimum atomic E-state index is 0.491. The Morgan fingerprint density at radius 3 is 2.75 bits per heavy atom. The Bertz CT molecular complexity index is 265. The second kappa shape index (κ2) is 5.44. The van der Waals surface area contributed by atoms with E-state index in [1.165, 1.54) is 36.6 Å². The molecule has 16 heavy (non-hydrogen) atoms. The first-order valence-electron chi connectivity index (χ1n) is 6.62. The average Bonchev–Trinajstić information content (AvgIpc) is 2.24. The Morgan fingerprint density at radius 2 is 2.06 bits per heavy atom. The third-order valence-electron chi connectivity index (χ3n) is 3.89. The summed E-state index contributed by atoms with van der Waals surface area (Å²) in [4.78, 5) is 4.75. The minimum Gasteiger partial charge on any atom is -0.362 e. The number of thioether (sulfide) groups is 1. The molecule has 1 heterocycles. The van der Waals surface area contributed by atoms with Gasteiger partial charge in [0.2, 0.25) is 0 Å². The average molecular weight is 240 g/mol. The van der Waals surface area contributed by atoms with Crippen molar-refractivity contribution in [3.8, 4) is 0 Å². The van der Waals surface area contributed by atoms with E-state index in [2.05, 4.69) is 26.1 Å². The predicted molar refractivity (Wildman–Crippen MR) is 73.1 cm³/mol. The summed E-state index contributed by atoms with van der Waals surface area (Å²) in [6.07, 6.45) is 5.44. The number of hydrogen-bond acceptors (Lipinski definition) is 3. The van der Waals surface area contributed by atoms with Crippen LogP contribution in [0.5, 0.6) is 0 Å². The third-order valence-corrected chi connectivity index (χ3v) is 5.08. The van der Waals surface area contributed by atoms with E-state index in [0.29, 0.717) is 12.1 Å². The maximum absolute atomic E-state index is 4.75. The Kier molecular flexibility index (Phi) is 4.17. The Hall–Kier alpha value is -0.180. The van der Waals surface area contributed by atoms with E-state index in [9.17, 15) is 0 Å². The molecule has 0 aromatic carbocycles. The van der Waals surface area contributed by atoms with Gasteiger partial charge in [-0.15, -0.1) is 0 Å². The highest BCUT2D eigenvalue weighted by Gasteiger charge is 2.23. The van der Waals surface area contributed by atoms with E-state index in [1.807, 2.05) is 11.8 Å². The molecule has 0 amide bonds. The smallest absolute Gasteiger partial charge is 0.157 e. The summed E-state index contributed by atoms with van der Waals surface area (Å²) in [7, 11) is 0. The molecule has 3 heteroatoms. The fourth-order valence-electron chi connectivity index (χ4n) is 2.52. The first kappa shape index (κ1) is 12.3. The quantitative estimate of drug-likeness (QED) is 0.760. The zero-order valence-corrected chi connectivity index (χ0v) is 11.5. The van der Waals surface area contributed by atoms with E-state index in [1.54, 1.807) is 0 Å². The molecule has 0 bridgehead atoms. The SMILES string of the molecule is CC1CCCC(NC2=NC(C)C(C)CS2)C1. The number of aliphatic imine (C=N–C) groups is 1. The van der Waals surface area contributed by atoms with Crippen LogP contribution in [0, 0.1) is 11.8 Å². The molecular formula is C13H24N2S. The van der Waals surface area contributed by atoms with Gasteiger partial charge < -0.3 is 5.32 Å². The normalized spacial score (nSPS) is 40.3. The summed E-state index contributed by atoms with van der Waals surface area (Å²) in [5.74, 6) is 2.83. The summed E-state index contributed by atoms with van der Waals surface area (Å²) < 4.78 is 0. The van der Waals surface area contributed by atoms with E-state index in [4.69, 9.17) is 4.99 Å². The van der Waals surface area contributed by atoms with Crippen LogP contribution in [-0.4, -0.2) is 23.0 Å². The van der Waals surface area contributed by atoms with Crippen LogP contribution in [0.1, 0.15) is 46.5 Å². The third kappa shape index (κ3) is 3.16. The van der Waals surface area contributed by atoms with Crippen LogP contribution in [0.25, 0.3) is 0 Å². The van der Waals surface area contributed by atoms with Crippen molar-refractivity contribution in [2.75, 3.05) is 5.75 Å². The van der Waals surface area contributed by atoms with Crippen molar-refractivity contribution in [2.45, 2.75) is 58.5 Å². The molecule has 1 aliphatic heterocycles. The van der Waals surface area contributed by atoms with Gasteiger partial charge in [0.05, 0.1) is 6.04 Å². The van der Waals surface area contributed by atoms with Gasteiger partial charge >= 0.3 is 0 Å². The van der Waals surface area contributed by atoms with E-state index in [0.717, 1.165) is 11.8 Å². The summed E-state index contributed by atoms with van der Waals surface area (Å²) in [5, 5.41) is 4.85. The monoisotopic (exact) mass is 240 g/mol. The lowest BCUT2D eigenvalue weighted by Gasteiger charge is -2.31. The van der Waals surface area contributed by atoms with Gasteiger partial charge in [-0.1, -0.05) is 38.5 Å². The molecule has 1 aliphatic carbocycles. The second-order valence-corrected chi connectivity index (χ2v) is 6.58. The zero-order chi connectivity index (χ0) is 11.5. The highest BCUT2D eigenvalue weighted by Crippen LogP contribution is 2.26. The highest BCUT2D eigenvalue weighted by atomic mass is 32.2. The van der Waals surface area contributed by atoms with Crippen LogP contribution in [-0.2, 0) is 0 Å². The largest absolute Gasteiger partial charge is 0.362 e. The number of nitrogens with zero attached hydrogens (tertiary/aromatic N) is 1. The van der Waals surface area contributed by atoms with Gasteiger partial charge in [-0.3, -0.25) is 4.99 Å². The van der Waals surface area contributed by atoms with Crippen molar-refractivity contribution >= 4 is 16.9 Å². The number of rotatable bonds is 1. The van der Waals surface area contributed by atoms with Crippen molar-refractivity contribution in [1.29, 1.82) is 0 Å². The van der Waals surface area contributed by atoms with Crippen molar-refractivity contribution in [3.05, 3.63) is 0 Å². The summed E-state index contributed by atoms with van der Waals surface area (Å²) >= 11 is 1.91. The molecule has 4 unspecified atom stereocenters. The van der Waals surface area contributed by atoms with Crippen molar-refractivity contribution in [1.82, 2.24) is 5.32 Å². The maximum Gasteiger partial charge on any atom is 0.157 e. The number of amidine groups is 1. The standard InChI is InChI=1S/C13H24N2S/c1-9-5-4-6-12(7-9)15-13-14-11(3)10(2)8-16-13/h9-12H,4-8H2,1-3H3,(H,14,15). The van der Waals surface area contributed by atoms with Gasteiger partial charge in [-0.2, -0.15) is 0 Å². The summed E-state index contributed by atoms with van der Waals surface area (Å²) in [5.41, 5.74) is 0. The van der Waals surface area contributed by atoms with Crippen LogP contribution in [0.2, 0.25) is 0 Å². The minimum absolute atomic E-state index is 0.491. The van der Waals surface area contributed by atoms with E-state index in [-0.39, 0.29) is 0 Å². The van der Waals surface area contributed by atoms with Crippen LogP contribution >= 0.6 is 11.8 Å². The Labute approximate surface area is 104 Å². The van der Waals surface area contributed by atoms with Gasteiger partial charge in [0, 0.05) is 11.8 Å². The Balaban J connectivity index is 1.87. The molecule has 1 fully saturated rings. The van der Waals surface area contributed by atoms with Crippen LogP contribution in [0.15, 0.2) is 4.99 Å². The second-order valence-electron chi connectivity index (χ2n) is 5.58. The molecule has 92 valence electrons. The predicted octanol–water partition coefficient (Wildman–Crippen LogP) is 3.28. The van der Waals surface area contributed by atoms with Crippen molar-refractivity contribution < 1.29 is 0 Å². The molecule has 2 aliphatic rings. The fourth-order valence-corrected chi connectivity index (χ4v) is 3.71. The number of hydrogen-bond donors (Lipinski definition) is 1. The van der Waals surface area contributed by atoms with Crippen molar-refractivity contribution in [2.24, 2.45) is 16.8 Å². The van der Waals surface area contributed by atoms with Gasteiger partial charge in [0.25, 0.3) is 0 Å². The zero-order valence-electron chi connectivity index (χ0n) is 10.7. The van der Waals surface area contributed by atoms with Crippen LogP contribution < -0.4 is 5.32 Å². The molecule has 0 aromatic rings. The molecule has 0 aromatic heterocycles. The Morgan fingerprint density at radius 1 is 1.25 bits per heavy atom. The molecule has 0 radical (unpaired) electrons. The number of nitrogens with one attached hydrogen (secondary N) is 1. The first-order chi connectivity index (χ1) is 7.65. The summed E-state index contributed by atoms with van der Waals surface area (Å²) in [6, 6.07) is 1.17. The fraction of sp³-hybridized carbons (Fsp3) is 0.923. The van der Waals surface area contributed by atoms with E-state index >= 15 is 0 Å². The van der Waals surface area contributed by atoms with Gasteiger partial charge in [-0.25, -0.2) is 0 Å². The topological polar surface area (TPSA) is 24.4 Å². The van der Waals surface area contributed by atoms with Gasteiger partial charge in [-0.05, 0) is 31.6 Å². The molecule has 0 saturated heterocycles. The van der Waals surface area contributed by atoms with E-state index < -0.39 is 0 Å². The molecule has 0 spiro atoms. The van der Waals surface area contributed by atoms with Crippen LogP contribution in [0.4, 0.5) is 0 Å². The maximum atomic E-state index is 4.75. The molecule has 2 rings (SSSR count). The molecular weight excluding hydrogens is 216 g/mol. The molecule has 1 saturated carbocycles. The van der Waals surface area contributed by atoms with Crippen LogP contribution in [0.3, 0.4) is 0 Å². The van der Waals surface area contributed by atoms with Gasteiger partial charge in [0.15, 0.2) is 5.17 Å². The lowest BCUT2D eigenvalue weighted by atomic mass is 9.87. The molecule has 2 nitrogen and oxygen atoms in total. The van der Waals surface area contributed by atoms with Gasteiger partial charge in [0.1, 0.15) is 0 Å². The van der Waals surface area contributed by atoms with Crippen molar-refractivity contribution in [3.63, 3.8) is 0 Å². The first-order valence-corrected chi connectivity index (χ1v) is 7.61. The molecule has 4 atom stereocenters. The highest BCUT2D eigenvalue weighted by molar-refractivity contribution is 8.13. The summed E-state index contributed by atoms with van der Waals surface area (Å²) in [6.45, 7) is 6.89. The lowest BCUT2D eigenvalue weighted by molar-refractivity contribution is 0.326.